The zero-order chi connectivity index (χ0) is 16.7. The van der Waals surface area contributed by atoms with E-state index in [1.54, 1.807) is 31.4 Å². The summed E-state index contributed by atoms with van der Waals surface area (Å²) in [6.45, 7) is 3.12. The van der Waals surface area contributed by atoms with Gasteiger partial charge in [0, 0.05) is 12.7 Å². The maximum atomic E-state index is 12.4. The second-order valence-corrected chi connectivity index (χ2v) is 6.22. The van der Waals surface area contributed by atoms with Gasteiger partial charge in [-0.3, -0.25) is 4.79 Å². The first-order valence-electron chi connectivity index (χ1n) is 8.04. The molecular weight excluding hydrogens is 292 g/mol. The normalized spacial score (nSPS) is 23.8. The third-order valence-corrected chi connectivity index (χ3v) is 4.24. The number of hydrogen-bond acceptors (Lipinski definition) is 4. The molecule has 0 aromatic heterocycles. The Balaban J connectivity index is 1.98. The van der Waals surface area contributed by atoms with E-state index >= 15 is 0 Å². The van der Waals surface area contributed by atoms with Gasteiger partial charge in [-0.2, -0.15) is 5.26 Å². The SMILES string of the molecule is COCCOc1ccc(C(=O)NC2(C#N)CCCC(C)C2)cc1. The van der Waals surface area contributed by atoms with E-state index in [0.29, 0.717) is 36.9 Å². The number of carbonyl (C=O) groups excluding carboxylic acids is 1. The Kier molecular flexibility index (Phi) is 6.00. The van der Waals surface area contributed by atoms with Gasteiger partial charge < -0.3 is 14.8 Å². The molecule has 1 aliphatic rings. The standard InChI is InChI=1S/C18H24N2O3/c1-14-4-3-9-18(12-14,13-19)20-17(21)15-5-7-16(8-6-15)23-11-10-22-2/h5-8,14H,3-4,9-12H2,1-2H3,(H,20,21). The van der Waals surface area contributed by atoms with Crippen LogP contribution in [0, 0.1) is 17.2 Å². The van der Waals surface area contributed by atoms with Gasteiger partial charge in [0.1, 0.15) is 17.9 Å². The van der Waals surface area contributed by atoms with Crippen LogP contribution in [0.1, 0.15) is 43.0 Å². The molecule has 2 atom stereocenters. The maximum Gasteiger partial charge on any atom is 0.252 e. The number of carbonyl (C=O) groups is 1. The molecule has 5 heteroatoms. The molecular formula is C18H24N2O3. The Morgan fingerprint density at radius 1 is 1.39 bits per heavy atom. The molecule has 0 bridgehead atoms. The van der Waals surface area contributed by atoms with Gasteiger partial charge in [-0.1, -0.05) is 13.3 Å². The number of benzene rings is 1. The average molecular weight is 316 g/mol. The lowest BCUT2D eigenvalue weighted by Gasteiger charge is -2.35. The summed E-state index contributed by atoms with van der Waals surface area (Å²) < 4.78 is 10.4. The van der Waals surface area contributed by atoms with Crippen LogP contribution in [0.5, 0.6) is 5.75 Å². The van der Waals surface area contributed by atoms with E-state index in [4.69, 9.17) is 9.47 Å². The molecule has 1 N–H and O–H groups in total. The van der Waals surface area contributed by atoms with Crippen LogP contribution in [0.3, 0.4) is 0 Å². The van der Waals surface area contributed by atoms with Crippen LogP contribution in [0.2, 0.25) is 0 Å². The molecule has 1 aromatic rings. The lowest BCUT2D eigenvalue weighted by atomic mass is 9.77. The van der Waals surface area contributed by atoms with Gasteiger partial charge in [-0.25, -0.2) is 0 Å². The largest absolute Gasteiger partial charge is 0.491 e. The Bertz CT molecular complexity index is 565. The second kappa shape index (κ2) is 7.98. The summed E-state index contributed by atoms with van der Waals surface area (Å²) in [6.07, 6.45) is 3.53. The van der Waals surface area contributed by atoms with Gasteiger partial charge >= 0.3 is 0 Å². The van der Waals surface area contributed by atoms with Crippen LogP contribution >= 0.6 is 0 Å². The molecule has 1 amide bonds. The van der Waals surface area contributed by atoms with Crippen molar-refractivity contribution in [2.24, 2.45) is 5.92 Å². The number of hydrogen-bond donors (Lipinski definition) is 1. The number of amides is 1. The molecule has 5 nitrogen and oxygen atoms in total. The average Bonchev–Trinajstić information content (AvgIpc) is 2.55. The van der Waals surface area contributed by atoms with Crippen molar-refractivity contribution in [3.63, 3.8) is 0 Å². The fraction of sp³-hybridized carbons (Fsp3) is 0.556. The van der Waals surface area contributed by atoms with Crippen molar-refractivity contribution in [2.75, 3.05) is 20.3 Å². The number of nitriles is 1. The monoisotopic (exact) mass is 316 g/mol. The highest BCUT2D eigenvalue weighted by Crippen LogP contribution is 2.32. The van der Waals surface area contributed by atoms with Gasteiger partial charge in [-0.05, 0) is 49.4 Å². The van der Waals surface area contributed by atoms with E-state index < -0.39 is 5.54 Å². The van der Waals surface area contributed by atoms with Gasteiger partial charge in [0.25, 0.3) is 5.91 Å². The van der Waals surface area contributed by atoms with Gasteiger partial charge in [-0.15, -0.1) is 0 Å². The molecule has 1 saturated carbocycles. The Labute approximate surface area is 137 Å². The molecule has 0 saturated heterocycles. The van der Waals surface area contributed by atoms with Crippen LogP contribution in [-0.4, -0.2) is 31.8 Å². The summed E-state index contributed by atoms with van der Waals surface area (Å²) in [7, 11) is 1.62. The molecule has 23 heavy (non-hydrogen) atoms. The van der Waals surface area contributed by atoms with Crippen molar-refractivity contribution >= 4 is 5.91 Å². The zero-order valence-electron chi connectivity index (χ0n) is 13.8. The van der Waals surface area contributed by atoms with Crippen LogP contribution < -0.4 is 10.1 Å². The molecule has 1 fully saturated rings. The lowest BCUT2D eigenvalue weighted by Crippen LogP contribution is -2.50. The van der Waals surface area contributed by atoms with Crippen molar-refractivity contribution < 1.29 is 14.3 Å². The first-order valence-corrected chi connectivity index (χ1v) is 8.04. The summed E-state index contributed by atoms with van der Waals surface area (Å²) in [6, 6.07) is 9.27. The van der Waals surface area contributed by atoms with E-state index in [1.165, 1.54) is 0 Å². The summed E-state index contributed by atoms with van der Waals surface area (Å²) >= 11 is 0. The summed E-state index contributed by atoms with van der Waals surface area (Å²) in [5.74, 6) is 0.948. The Morgan fingerprint density at radius 3 is 2.74 bits per heavy atom. The third kappa shape index (κ3) is 4.70. The topological polar surface area (TPSA) is 71.3 Å². The van der Waals surface area contributed by atoms with Crippen molar-refractivity contribution in [1.82, 2.24) is 5.32 Å². The molecule has 0 radical (unpaired) electrons. The van der Waals surface area contributed by atoms with Crippen molar-refractivity contribution in [2.45, 2.75) is 38.1 Å². The molecule has 1 aliphatic carbocycles. The minimum absolute atomic E-state index is 0.205. The van der Waals surface area contributed by atoms with Gasteiger partial charge in [0.15, 0.2) is 0 Å². The quantitative estimate of drug-likeness (QED) is 0.819. The highest BCUT2D eigenvalue weighted by Gasteiger charge is 2.36. The molecule has 0 aliphatic heterocycles. The van der Waals surface area contributed by atoms with Crippen molar-refractivity contribution in [3.05, 3.63) is 29.8 Å². The van der Waals surface area contributed by atoms with Crippen LogP contribution in [0.25, 0.3) is 0 Å². The molecule has 2 unspecified atom stereocenters. The smallest absolute Gasteiger partial charge is 0.252 e. The van der Waals surface area contributed by atoms with E-state index in [-0.39, 0.29) is 5.91 Å². The first kappa shape index (κ1) is 17.3. The maximum absolute atomic E-state index is 12.4. The number of ether oxygens (including phenoxy) is 2. The number of rotatable bonds is 6. The van der Waals surface area contributed by atoms with Crippen LogP contribution in [0.4, 0.5) is 0 Å². The third-order valence-electron chi connectivity index (χ3n) is 4.24. The summed E-state index contributed by atoms with van der Waals surface area (Å²) in [5.41, 5.74) is -0.195. The van der Waals surface area contributed by atoms with E-state index in [2.05, 4.69) is 18.3 Å². The predicted molar refractivity (Wildman–Crippen MR) is 87.3 cm³/mol. The predicted octanol–water partition coefficient (Wildman–Crippen LogP) is 2.91. The fourth-order valence-electron chi connectivity index (χ4n) is 3.03. The minimum Gasteiger partial charge on any atom is -0.491 e. The van der Waals surface area contributed by atoms with Gasteiger partial charge in [0.05, 0.1) is 12.7 Å². The van der Waals surface area contributed by atoms with Crippen LogP contribution in [-0.2, 0) is 4.74 Å². The van der Waals surface area contributed by atoms with Crippen LogP contribution in [0.15, 0.2) is 24.3 Å². The van der Waals surface area contributed by atoms with Gasteiger partial charge in [0.2, 0.25) is 0 Å². The first-order chi connectivity index (χ1) is 11.1. The van der Waals surface area contributed by atoms with Crippen molar-refractivity contribution in [1.29, 1.82) is 5.26 Å². The molecule has 2 rings (SSSR count). The highest BCUT2D eigenvalue weighted by molar-refractivity contribution is 5.95. The summed E-state index contributed by atoms with van der Waals surface area (Å²) in [5, 5.41) is 12.5. The minimum atomic E-state index is -0.734. The number of methoxy groups -OCH3 is 1. The number of nitrogens with zero attached hydrogens (tertiary/aromatic N) is 1. The van der Waals surface area contributed by atoms with E-state index in [1.807, 2.05) is 0 Å². The Morgan fingerprint density at radius 2 is 2.13 bits per heavy atom. The Hall–Kier alpha value is -2.06. The molecule has 0 heterocycles. The zero-order valence-corrected chi connectivity index (χ0v) is 13.8. The fourth-order valence-corrected chi connectivity index (χ4v) is 3.03. The lowest BCUT2D eigenvalue weighted by molar-refractivity contribution is 0.0890. The second-order valence-electron chi connectivity index (χ2n) is 6.22. The number of nitrogens with one attached hydrogen (secondary N) is 1. The van der Waals surface area contributed by atoms with E-state index in [0.717, 1.165) is 19.3 Å². The van der Waals surface area contributed by atoms with E-state index in [9.17, 15) is 10.1 Å². The summed E-state index contributed by atoms with van der Waals surface area (Å²) in [4.78, 5) is 12.4. The van der Waals surface area contributed by atoms with Crippen molar-refractivity contribution in [3.8, 4) is 11.8 Å². The highest BCUT2D eigenvalue weighted by atomic mass is 16.5. The molecule has 1 aromatic carbocycles. The molecule has 0 spiro atoms. The molecule has 124 valence electrons.